The molecule has 39 heavy (non-hydrogen) atoms. The monoisotopic (exact) mass is 550 g/mol. The van der Waals surface area contributed by atoms with Crippen LogP contribution >= 0.6 is 0 Å². The molecule has 17 heteroatoms. The number of hydrogen-bond donors (Lipinski definition) is 3. The number of anilines is 3. The number of rotatable bonds is 5. The molecule has 0 bridgehead atoms. The van der Waals surface area contributed by atoms with Crippen molar-refractivity contribution in [1.29, 1.82) is 0 Å². The summed E-state index contributed by atoms with van der Waals surface area (Å²) in [5, 5.41) is 21.4. The zero-order valence-corrected chi connectivity index (χ0v) is 19.8. The van der Waals surface area contributed by atoms with Gasteiger partial charge in [-0.15, -0.1) is 5.10 Å². The van der Waals surface area contributed by atoms with E-state index >= 15 is 0 Å². The summed E-state index contributed by atoms with van der Waals surface area (Å²) in [6.07, 6.45) is -5.08. The number of hydrogen-bond acceptors (Lipinski definition) is 10. The van der Waals surface area contributed by atoms with Gasteiger partial charge in [-0.25, -0.2) is 19.0 Å². The van der Waals surface area contributed by atoms with E-state index in [1.54, 1.807) is 0 Å². The minimum absolute atomic E-state index is 0.145. The van der Waals surface area contributed by atoms with E-state index in [2.05, 4.69) is 25.5 Å². The summed E-state index contributed by atoms with van der Waals surface area (Å²) in [4.78, 5) is 33.5. The molecular formula is C22H18F4N8O5. The fourth-order valence-corrected chi connectivity index (χ4v) is 3.87. The van der Waals surface area contributed by atoms with Gasteiger partial charge in [0.15, 0.2) is 40.6 Å². The van der Waals surface area contributed by atoms with Crippen molar-refractivity contribution < 1.29 is 41.5 Å². The third-order valence-corrected chi connectivity index (χ3v) is 5.85. The lowest BCUT2D eigenvalue weighted by molar-refractivity contribution is -0.165. The van der Waals surface area contributed by atoms with Gasteiger partial charge in [-0.05, 0) is 19.1 Å². The summed E-state index contributed by atoms with van der Waals surface area (Å²) >= 11 is 0. The third kappa shape index (κ3) is 4.72. The molecule has 0 aliphatic carbocycles. The molecule has 4 N–H and O–H groups in total. The Kier molecular flexibility index (Phi) is 6.18. The number of amides is 2. The van der Waals surface area contributed by atoms with Crippen molar-refractivity contribution in [3.8, 4) is 5.82 Å². The Morgan fingerprint density at radius 2 is 2.05 bits per heavy atom. The Hall–Kier alpha value is -4.64. The van der Waals surface area contributed by atoms with Gasteiger partial charge >= 0.3 is 6.18 Å². The highest BCUT2D eigenvalue weighted by molar-refractivity contribution is 6.06. The molecule has 1 fully saturated rings. The number of carbonyl (C=O) groups excluding carboxylic acids is 2. The molecule has 1 aliphatic heterocycles. The van der Waals surface area contributed by atoms with Crippen LogP contribution in [0, 0.1) is 5.82 Å². The van der Waals surface area contributed by atoms with Gasteiger partial charge in [-0.1, -0.05) is 5.16 Å². The van der Waals surface area contributed by atoms with Crippen LogP contribution in [0.4, 0.5) is 34.9 Å². The van der Waals surface area contributed by atoms with Gasteiger partial charge in [-0.2, -0.15) is 13.2 Å². The number of fused-ring (bicyclic) bond motifs is 1. The molecule has 2 amide bonds. The lowest BCUT2D eigenvalue weighted by Gasteiger charge is -2.37. The molecule has 5 rings (SSSR count). The number of carbonyl (C=O) groups is 2. The standard InChI is InChI=1S/C22H18F4N8O5/c1-21(37,20(36)29-10-2-3-11-13(8-10)39-32-16(11)27)15-18(35)33(6-7-38-15)17-12(23)9-34(31-17)14-4-5-28-19(30-14)22(24,25)26/h2-5,8-9,15,37H,6-7H2,1H3,(H2,27,32)(H,29,36)/t15-,21+/m0/s1. The molecule has 1 aromatic carbocycles. The maximum Gasteiger partial charge on any atom is 0.451 e. The Bertz CT molecular complexity index is 1580. The fraction of sp³-hybridized carbons (Fsp3) is 0.273. The van der Waals surface area contributed by atoms with E-state index in [9.17, 15) is 32.3 Å². The SMILES string of the molecule is C[C@](O)(C(=O)Nc1ccc2c(N)noc2c1)[C@H]1OCCN(c2nn(-c3ccnc(C(F)(F)F)n3)cc2F)C1=O. The van der Waals surface area contributed by atoms with Crippen molar-refractivity contribution in [1.82, 2.24) is 24.9 Å². The molecule has 0 unspecified atom stereocenters. The van der Waals surface area contributed by atoms with Crippen molar-refractivity contribution in [3.05, 3.63) is 48.3 Å². The number of ether oxygens (including phenoxy) is 1. The largest absolute Gasteiger partial charge is 0.451 e. The minimum atomic E-state index is -4.85. The highest BCUT2D eigenvalue weighted by atomic mass is 19.4. The summed E-state index contributed by atoms with van der Waals surface area (Å²) in [6.45, 7) is 0.594. The van der Waals surface area contributed by atoms with Gasteiger partial charge in [0.2, 0.25) is 5.82 Å². The number of alkyl halides is 3. The first-order chi connectivity index (χ1) is 18.4. The van der Waals surface area contributed by atoms with E-state index in [4.69, 9.17) is 15.0 Å². The lowest BCUT2D eigenvalue weighted by Crippen LogP contribution is -2.61. The first-order valence-corrected chi connectivity index (χ1v) is 11.1. The van der Waals surface area contributed by atoms with Crippen molar-refractivity contribution in [3.63, 3.8) is 0 Å². The van der Waals surface area contributed by atoms with E-state index in [-0.39, 0.29) is 30.2 Å². The summed E-state index contributed by atoms with van der Waals surface area (Å²) in [5.74, 6) is -5.40. The minimum Gasteiger partial charge on any atom is -0.380 e. The van der Waals surface area contributed by atoms with Crippen molar-refractivity contribution in [2.24, 2.45) is 0 Å². The normalized spacial score (nSPS) is 17.8. The second kappa shape index (κ2) is 9.28. The summed E-state index contributed by atoms with van der Waals surface area (Å²) < 4.78 is 64.9. The van der Waals surface area contributed by atoms with E-state index in [1.165, 1.54) is 18.2 Å². The number of nitrogens with two attached hydrogens (primary N) is 1. The number of nitrogens with one attached hydrogen (secondary N) is 1. The molecule has 0 radical (unpaired) electrons. The summed E-state index contributed by atoms with van der Waals surface area (Å²) in [7, 11) is 0. The maximum atomic E-state index is 14.8. The third-order valence-electron chi connectivity index (χ3n) is 5.85. The number of aliphatic hydroxyl groups is 1. The van der Waals surface area contributed by atoms with Crippen LogP contribution in [0.15, 0.2) is 41.2 Å². The van der Waals surface area contributed by atoms with Crippen LogP contribution < -0.4 is 16.0 Å². The van der Waals surface area contributed by atoms with Crippen LogP contribution in [0.5, 0.6) is 0 Å². The summed E-state index contributed by atoms with van der Waals surface area (Å²) in [5.41, 5.74) is 3.67. The van der Waals surface area contributed by atoms with E-state index in [0.29, 0.717) is 10.1 Å². The van der Waals surface area contributed by atoms with Crippen LogP contribution in [0.2, 0.25) is 0 Å². The highest BCUT2D eigenvalue weighted by Crippen LogP contribution is 2.29. The van der Waals surface area contributed by atoms with E-state index in [1.807, 2.05) is 0 Å². The van der Waals surface area contributed by atoms with Crippen LogP contribution in [-0.4, -0.2) is 66.7 Å². The Morgan fingerprint density at radius 1 is 1.28 bits per heavy atom. The Balaban J connectivity index is 1.37. The Morgan fingerprint density at radius 3 is 2.79 bits per heavy atom. The first kappa shape index (κ1) is 26.0. The van der Waals surface area contributed by atoms with E-state index in [0.717, 1.165) is 30.3 Å². The van der Waals surface area contributed by atoms with E-state index < -0.39 is 53.0 Å². The topological polar surface area (TPSA) is 175 Å². The van der Waals surface area contributed by atoms with Crippen molar-refractivity contribution >= 4 is 40.1 Å². The molecule has 2 atom stereocenters. The molecule has 4 heterocycles. The molecular weight excluding hydrogens is 532 g/mol. The molecule has 4 aromatic rings. The van der Waals surface area contributed by atoms with Crippen LogP contribution in [-0.2, 0) is 20.5 Å². The molecule has 1 saturated heterocycles. The molecule has 1 aliphatic rings. The van der Waals surface area contributed by atoms with Crippen LogP contribution in [0.25, 0.3) is 16.8 Å². The van der Waals surface area contributed by atoms with Gasteiger partial charge in [-0.3, -0.25) is 14.5 Å². The number of nitrogens with zero attached hydrogens (tertiary/aromatic N) is 6. The fourth-order valence-electron chi connectivity index (χ4n) is 3.87. The Labute approximate surface area is 215 Å². The predicted octanol–water partition coefficient (Wildman–Crippen LogP) is 1.67. The second-order valence-corrected chi connectivity index (χ2v) is 8.60. The first-order valence-electron chi connectivity index (χ1n) is 11.1. The van der Waals surface area contributed by atoms with Gasteiger partial charge in [0.1, 0.15) is 0 Å². The van der Waals surface area contributed by atoms with Crippen molar-refractivity contribution in [2.45, 2.75) is 24.8 Å². The number of morpholine rings is 1. The number of nitrogen functional groups attached to an aromatic ring is 1. The molecule has 0 saturated carbocycles. The quantitative estimate of drug-likeness (QED) is 0.310. The zero-order valence-electron chi connectivity index (χ0n) is 19.8. The zero-order chi connectivity index (χ0) is 28.1. The average molecular weight is 550 g/mol. The predicted molar refractivity (Wildman–Crippen MR) is 124 cm³/mol. The molecule has 13 nitrogen and oxygen atoms in total. The maximum absolute atomic E-state index is 14.8. The van der Waals surface area contributed by atoms with Crippen LogP contribution in [0.1, 0.15) is 12.7 Å². The molecule has 204 valence electrons. The van der Waals surface area contributed by atoms with Gasteiger partial charge in [0.25, 0.3) is 11.8 Å². The number of halogens is 4. The summed E-state index contributed by atoms with van der Waals surface area (Å²) in [6, 6.07) is 5.47. The number of benzene rings is 1. The smallest absolute Gasteiger partial charge is 0.380 e. The van der Waals surface area contributed by atoms with Gasteiger partial charge in [0, 0.05) is 24.0 Å². The average Bonchev–Trinajstić information content (AvgIpc) is 3.45. The second-order valence-electron chi connectivity index (χ2n) is 8.60. The van der Waals surface area contributed by atoms with Crippen molar-refractivity contribution in [2.75, 3.05) is 29.1 Å². The lowest BCUT2D eigenvalue weighted by atomic mass is 9.95. The number of aromatic nitrogens is 5. The molecule has 0 spiro atoms. The molecule has 3 aromatic heterocycles. The van der Waals surface area contributed by atoms with Gasteiger partial charge in [0.05, 0.1) is 24.7 Å². The van der Waals surface area contributed by atoms with Crippen LogP contribution in [0.3, 0.4) is 0 Å². The highest BCUT2D eigenvalue weighted by Gasteiger charge is 2.49. The van der Waals surface area contributed by atoms with Gasteiger partial charge < -0.3 is 25.4 Å².